The summed E-state index contributed by atoms with van der Waals surface area (Å²) in [4.78, 5) is 23.2. The lowest BCUT2D eigenvalue weighted by atomic mass is 10.1. The second kappa shape index (κ2) is 7.25. The fourth-order valence-electron chi connectivity index (χ4n) is 1.96. The Morgan fingerprint density at radius 3 is 2.39 bits per heavy atom. The summed E-state index contributed by atoms with van der Waals surface area (Å²) in [6.45, 7) is 1.15. The minimum absolute atomic E-state index is 0.575. The van der Waals surface area contributed by atoms with E-state index in [9.17, 15) is 9.59 Å². The number of carbonyl (C=O) groups is 2. The van der Waals surface area contributed by atoms with Crippen molar-refractivity contribution in [3.05, 3.63) is 42.5 Å². The van der Waals surface area contributed by atoms with Crippen LogP contribution in [0.1, 0.15) is 6.92 Å². The Morgan fingerprint density at radius 2 is 1.74 bits per heavy atom. The van der Waals surface area contributed by atoms with Crippen molar-refractivity contribution in [3.8, 4) is 0 Å². The van der Waals surface area contributed by atoms with E-state index >= 15 is 0 Å². The van der Waals surface area contributed by atoms with Crippen molar-refractivity contribution < 1.29 is 14.3 Å². The molecule has 122 valence electrons. The molecule has 5 nitrogen and oxygen atoms in total. The Bertz CT molecular complexity index is 726. The number of benzene rings is 2. The van der Waals surface area contributed by atoms with Gasteiger partial charge in [-0.05, 0) is 11.5 Å². The molecule has 2 aromatic carbocycles. The summed E-state index contributed by atoms with van der Waals surface area (Å²) >= 11 is 17.1. The van der Waals surface area contributed by atoms with E-state index in [0.717, 1.165) is 17.7 Å². The molecule has 0 heterocycles. The first-order valence-corrected chi connectivity index (χ1v) is 7.70. The molecule has 0 saturated carbocycles. The normalized spacial score (nSPS) is 12.5. The van der Waals surface area contributed by atoms with Crippen LogP contribution in [0.4, 0.5) is 10.5 Å². The predicted molar refractivity (Wildman–Crippen MR) is 91.9 cm³/mol. The van der Waals surface area contributed by atoms with Gasteiger partial charge in [0.25, 0.3) is 0 Å². The van der Waals surface area contributed by atoms with Crippen molar-refractivity contribution in [2.45, 2.75) is 16.9 Å². The molecule has 0 spiro atoms. The smallest absolute Gasteiger partial charge is 0.322 e. The molecule has 2 aromatic rings. The maximum absolute atomic E-state index is 12.1. The number of amides is 2. The summed E-state index contributed by atoms with van der Waals surface area (Å²) < 4.78 is 2.81. The van der Waals surface area contributed by atoms with Gasteiger partial charge in [0.15, 0.2) is 0 Å². The number of alkyl halides is 3. The van der Waals surface area contributed by atoms with Crippen molar-refractivity contribution in [1.29, 1.82) is 0 Å². The highest BCUT2D eigenvalue weighted by atomic mass is 35.6. The number of hydrogen-bond donors (Lipinski definition) is 2. The average molecular weight is 376 g/mol. The third kappa shape index (κ3) is 4.89. The van der Waals surface area contributed by atoms with Crippen LogP contribution in [-0.4, -0.2) is 22.0 Å². The van der Waals surface area contributed by atoms with Crippen LogP contribution in [0.15, 0.2) is 42.5 Å². The molecule has 23 heavy (non-hydrogen) atoms. The van der Waals surface area contributed by atoms with E-state index in [4.69, 9.17) is 39.5 Å². The van der Waals surface area contributed by atoms with E-state index < -0.39 is 22.0 Å². The summed E-state index contributed by atoms with van der Waals surface area (Å²) in [6, 6.07) is 12.3. The number of anilines is 1. The van der Waals surface area contributed by atoms with Gasteiger partial charge in [0.2, 0.25) is 10.0 Å². The summed E-state index contributed by atoms with van der Waals surface area (Å²) in [6.07, 6.45) is -1.42. The molecule has 1 atom stereocenters. The SMILES string of the molecule is CC(=O)O[C@@H](NC(=O)Nc1cccc2ccccc12)C(Cl)(Cl)Cl. The highest BCUT2D eigenvalue weighted by Crippen LogP contribution is 2.31. The number of halogens is 3. The lowest BCUT2D eigenvalue weighted by Gasteiger charge is -2.24. The van der Waals surface area contributed by atoms with Gasteiger partial charge in [-0.2, -0.15) is 0 Å². The molecule has 2 rings (SSSR count). The molecule has 0 fully saturated rings. The van der Waals surface area contributed by atoms with Gasteiger partial charge in [-0.1, -0.05) is 71.2 Å². The van der Waals surface area contributed by atoms with Crippen LogP contribution >= 0.6 is 34.8 Å². The Hall–Kier alpha value is -1.69. The fraction of sp³-hybridized carbons (Fsp3) is 0.200. The maximum Gasteiger partial charge on any atom is 0.322 e. The number of carbonyl (C=O) groups excluding carboxylic acids is 2. The van der Waals surface area contributed by atoms with Gasteiger partial charge < -0.3 is 10.1 Å². The van der Waals surface area contributed by atoms with Crippen LogP contribution < -0.4 is 10.6 Å². The molecule has 0 aromatic heterocycles. The molecule has 2 amide bonds. The minimum atomic E-state index is -2.00. The largest absolute Gasteiger partial charge is 0.437 e. The molecule has 2 N–H and O–H groups in total. The van der Waals surface area contributed by atoms with Crippen LogP contribution in [0.3, 0.4) is 0 Å². The van der Waals surface area contributed by atoms with Crippen molar-refractivity contribution in [2.75, 3.05) is 5.32 Å². The Balaban J connectivity index is 2.15. The maximum atomic E-state index is 12.1. The third-order valence-corrected chi connectivity index (χ3v) is 3.48. The molecule has 0 radical (unpaired) electrons. The molecular weight excluding hydrogens is 363 g/mol. The fourth-order valence-corrected chi connectivity index (χ4v) is 2.25. The standard InChI is InChI=1S/C15H13Cl3N2O3/c1-9(21)23-13(15(16,17)18)20-14(22)19-12-8-4-6-10-5-2-3-7-11(10)12/h2-8,13H,1H3,(H2,19,20,22)/t13-/m1/s1. The second-order valence-corrected chi connectivity index (χ2v) is 7.03. The predicted octanol–water partition coefficient (Wildman–Crippen LogP) is 4.22. The molecule has 0 unspecified atom stereocenters. The second-order valence-electron chi connectivity index (χ2n) is 4.66. The Morgan fingerprint density at radius 1 is 1.09 bits per heavy atom. The van der Waals surface area contributed by atoms with E-state index in [1.54, 1.807) is 12.1 Å². The quantitative estimate of drug-likeness (QED) is 0.479. The summed E-state index contributed by atoms with van der Waals surface area (Å²) in [5, 5.41) is 6.77. The van der Waals surface area contributed by atoms with Gasteiger partial charge >= 0.3 is 12.0 Å². The topological polar surface area (TPSA) is 67.4 Å². The highest BCUT2D eigenvalue weighted by Gasteiger charge is 2.36. The molecule has 0 aliphatic heterocycles. The molecule has 0 bridgehead atoms. The summed E-state index contributed by atoms with van der Waals surface area (Å²) in [7, 11) is 0. The Labute approximate surface area is 147 Å². The molecular formula is C15H13Cl3N2O3. The van der Waals surface area contributed by atoms with E-state index in [2.05, 4.69) is 10.6 Å². The van der Waals surface area contributed by atoms with Crippen LogP contribution in [0.25, 0.3) is 10.8 Å². The zero-order valence-electron chi connectivity index (χ0n) is 12.0. The number of esters is 1. The first-order valence-electron chi connectivity index (χ1n) is 6.56. The molecule has 0 saturated heterocycles. The van der Waals surface area contributed by atoms with Gasteiger partial charge in [-0.25, -0.2) is 4.79 Å². The van der Waals surface area contributed by atoms with Crippen LogP contribution in [0.5, 0.6) is 0 Å². The van der Waals surface area contributed by atoms with E-state index in [1.807, 2.05) is 30.3 Å². The van der Waals surface area contributed by atoms with Crippen molar-refractivity contribution in [3.63, 3.8) is 0 Å². The van der Waals surface area contributed by atoms with Crippen LogP contribution in [-0.2, 0) is 9.53 Å². The average Bonchev–Trinajstić information content (AvgIpc) is 2.45. The zero-order valence-corrected chi connectivity index (χ0v) is 14.2. The molecule has 0 aliphatic rings. The first kappa shape index (κ1) is 17.7. The lowest BCUT2D eigenvalue weighted by molar-refractivity contribution is -0.146. The Kier molecular flexibility index (Phi) is 5.57. The van der Waals surface area contributed by atoms with Crippen molar-refractivity contribution in [1.82, 2.24) is 5.32 Å². The monoisotopic (exact) mass is 374 g/mol. The van der Waals surface area contributed by atoms with Gasteiger partial charge in [-0.3, -0.25) is 10.1 Å². The van der Waals surface area contributed by atoms with Gasteiger partial charge in [0, 0.05) is 12.3 Å². The lowest BCUT2D eigenvalue weighted by Crippen LogP contribution is -2.48. The number of hydrogen-bond acceptors (Lipinski definition) is 3. The number of nitrogens with one attached hydrogen (secondary N) is 2. The summed E-state index contributed by atoms with van der Waals surface area (Å²) in [5.41, 5.74) is 0.575. The van der Waals surface area contributed by atoms with Gasteiger partial charge in [0.05, 0.1) is 5.69 Å². The van der Waals surface area contributed by atoms with E-state index in [0.29, 0.717) is 5.69 Å². The van der Waals surface area contributed by atoms with Crippen molar-refractivity contribution >= 4 is 63.3 Å². The van der Waals surface area contributed by atoms with Crippen molar-refractivity contribution in [2.24, 2.45) is 0 Å². The van der Waals surface area contributed by atoms with E-state index in [-0.39, 0.29) is 0 Å². The third-order valence-electron chi connectivity index (χ3n) is 2.88. The van der Waals surface area contributed by atoms with Crippen LogP contribution in [0.2, 0.25) is 0 Å². The number of urea groups is 1. The molecule has 8 heteroatoms. The zero-order chi connectivity index (χ0) is 17.0. The summed E-state index contributed by atoms with van der Waals surface area (Å²) in [5.74, 6) is -0.688. The van der Waals surface area contributed by atoms with Crippen LogP contribution in [0, 0.1) is 0 Å². The minimum Gasteiger partial charge on any atom is -0.437 e. The van der Waals surface area contributed by atoms with Gasteiger partial charge in [0.1, 0.15) is 0 Å². The number of ether oxygens (including phenoxy) is 1. The first-order chi connectivity index (χ1) is 10.8. The highest BCUT2D eigenvalue weighted by molar-refractivity contribution is 6.68. The van der Waals surface area contributed by atoms with E-state index in [1.165, 1.54) is 0 Å². The molecule has 0 aliphatic carbocycles. The van der Waals surface area contributed by atoms with Gasteiger partial charge in [-0.15, -0.1) is 0 Å². The number of fused-ring (bicyclic) bond motifs is 1. The number of rotatable bonds is 3.